The molecule has 0 saturated carbocycles. The van der Waals surface area contributed by atoms with Crippen LogP contribution >= 0.6 is 11.3 Å². The maximum absolute atomic E-state index is 14.4. The third kappa shape index (κ3) is 2.23. The van der Waals surface area contributed by atoms with Crippen molar-refractivity contribution in [1.82, 2.24) is 4.90 Å². The first-order valence-corrected chi connectivity index (χ1v) is 7.73. The summed E-state index contributed by atoms with van der Waals surface area (Å²) in [7, 11) is 3.01. The highest BCUT2D eigenvalue weighted by atomic mass is 32.1. The van der Waals surface area contributed by atoms with Gasteiger partial charge in [0.1, 0.15) is 0 Å². The Kier molecular flexibility index (Phi) is 3.78. The summed E-state index contributed by atoms with van der Waals surface area (Å²) in [6, 6.07) is 1.40. The fraction of sp³-hybridized carbons (Fsp3) is 0.312. The van der Waals surface area contributed by atoms with Crippen molar-refractivity contribution in [3.8, 4) is 5.06 Å². The molecule has 1 atom stereocenters. The molecule has 0 radical (unpaired) electrons. The van der Waals surface area contributed by atoms with Gasteiger partial charge in [-0.05, 0) is 25.5 Å². The van der Waals surface area contributed by atoms with E-state index in [4.69, 9.17) is 9.47 Å². The third-order valence-corrected chi connectivity index (χ3v) is 4.76. The molecule has 1 aromatic rings. The highest BCUT2D eigenvalue weighted by molar-refractivity contribution is 7.12. The van der Waals surface area contributed by atoms with Gasteiger partial charge in [-0.15, -0.1) is 11.3 Å². The van der Waals surface area contributed by atoms with Gasteiger partial charge in [0, 0.05) is 22.7 Å². The van der Waals surface area contributed by atoms with Gasteiger partial charge in [0.25, 0.3) is 5.91 Å². The number of nitrogens with zero attached hydrogens (tertiary/aromatic N) is 1. The monoisotopic (exact) mass is 321 g/mol. The lowest BCUT2D eigenvalue weighted by Crippen LogP contribution is -2.36. The van der Waals surface area contributed by atoms with Crippen LogP contribution in [-0.4, -0.2) is 31.1 Å². The molecule has 0 spiro atoms. The number of amides is 1. The van der Waals surface area contributed by atoms with E-state index in [0.29, 0.717) is 22.6 Å². The van der Waals surface area contributed by atoms with Crippen molar-refractivity contribution in [2.45, 2.75) is 19.4 Å². The third-order valence-electron chi connectivity index (χ3n) is 3.87. The molecule has 4 nitrogen and oxygen atoms in total. The zero-order chi connectivity index (χ0) is 15.9. The molecule has 2 heterocycles. The topological polar surface area (TPSA) is 38.8 Å². The lowest BCUT2D eigenvalue weighted by atomic mass is 9.98. The van der Waals surface area contributed by atoms with E-state index in [9.17, 15) is 9.18 Å². The lowest BCUT2D eigenvalue weighted by molar-refractivity contribution is 0.0779. The van der Waals surface area contributed by atoms with Crippen molar-refractivity contribution in [2.24, 2.45) is 0 Å². The van der Waals surface area contributed by atoms with Gasteiger partial charge in [-0.25, -0.2) is 4.39 Å². The number of allylic oxidation sites excluding steroid dienone is 2. The molecule has 116 valence electrons. The minimum Gasteiger partial charge on any atom is -0.494 e. The Morgan fingerprint density at radius 2 is 2.18 bits per heavy atom. The minimum absolute atomic E-state index is 0.143. The van der Waals surface area contributed by atoms with Crippen molar-refractivity contribution < 1.29 is 18.7 Å². The van der Waals surface area contributed by atoms with Crippen molar-refractivity contribution in [3.05, 3.63) is 52.0 Å². The summed E-state index contributed by atoms with van der Waals surface area (Å²) in [5.74, 6) is -0.298. The smallest absolute Gasteiger partial charge is 0.259 e. The molecule has 0 bridgehead atoms. The summed E-state index contributed by atoms with van der Waals surface area (Å²) in [5, 5.41) is 2.43. The van der Waals surface area contributed by atoms with Crippen molar-refractivity contribution in [2.75, 3.05) is 14.2 Å². The van der Waals surface area contributed by atoms with E-state index in [1.54, 1.807) is 35.6 Å². The summed E-state index contributed by atoms with van der Waals surface area (Å²) in [6.45, 7) is 1.81. The Bertz CT molecular complexity index is 717. The van der Waals surface area contributed by atoms with E-state index in [0.717, 1.165) is 5.70 Å². The zero-order valence-corrected chi connectivity index (χ0v) is 13.4. The number of carbonyl (C=O) groups excluding carboxylic acids is 1. The van der Waals surface area contributed by atoms with Crippen molar-refractivity contribution >= 4 is 17.2 Å². The summed E-state index contributed by atoms with van der Waals surface area (Å²) in [5.41, 5.74) is 1.79. The van der Waals surface area contributed by atoms with Crippen LogP contribution in [-0.2, 0) is 4.74 Å². The van der Waals surface area contributed by atoms with Gasteiger partial charge in [-0.3, -0.25) is 4.79 Å². The fourth-order valence-corrected chi connectivity index (χ4v) is 3.52. The molecule has 22 heavy (non-hydrogen) atoms. The first-order valence-electron chi connectivity index (χ1n) is 6.85. The number of thiophene rings is 1. The molecule has 2 aliphatic rings. The molecule has 0 saturated heterocycles. The maximum atomic E-state index is 14.4. The SMILES string of the molecule is COC1=CCC2C(=C1F)C=C(C)N2C(=O)c1csc(OC)c1. The molecule has 3 rings (SSSR count). The zero-order valence-electron chi connectivity index (χ0n) is 12.6. The molecule has 1 aromatic heterocycles. The Morgan fingerprint density at radius 3 is 2.82 bits per heavy atom. The van der Waals surface area contributed by atoms with Crippen LogP contribution in [0.15, 0.2) is 46.5 Å². The van der Waals surface area contributed by atoms with E-state index in [1.165, 1.54) is 18.4 Å². The number of hydrogen-bond acceptors (Lipinski definition) is 4. The quantitative estimate of drug-likeness (QED) is 0.853. The molecule has 1 aliphatic heterocycles. The number of carbonyl (C=O) groups is 1. The summed E-state index contributed by atoms with van der Waals surface area (Å²) in [4.78, 5) is 14.4. The highest BCUT2D eigenvalue weighted by Crippen LogP contribution is 2.39. The summed E-state index contributed by atoms with van der Waals surface area (Å²) < 4.78 is 24.5. The first-order chi connectivity index (χ1) is 10.6. The largest absolute Gasteiger partial charge is 0.494 e. The number of ether oxygens (including phenoxy) is 2. The highest BCUT2D eigenvalue weighted by Gasteiger charge is 2.38. The Balaban J connectivity index is 1.92. The van der Waals surface area contributed by atoms with E-state index in [1.807, 2.05) is 6.92 Å². The Hall–Kier alpha value is -2.08. The van der Waals surface area contributed by atoms with Gasteiger partial charge in [0.15, 0.2) is 16.6 Å². The summed E-state index contributed by atoms with van der Waals surface area (Å²) >= 11 is 1.36. The number of rotatable bonds is 3. The molecule has 6 heteroatoms. The van der Waals surface area contributed by atoms with E-state index < -0.39 is 5.83 Å². The lowest BCUT2D eigenvalue weighted by Gasteiger charge is -2.28. The maximum Gasteiger partial charge on any atom is 0.259 e. The molecule has 0 aromatic carbocycles. The van der Waals surface area contributed by atoms with Crippen LogP contribution in [0.2, 0.25) is 0 Å². The average molecular weight is 321 g/mol. The van der Waals surface area contributed by atoms with Gasteiger partial charge < -0.3 is 14.4 Å². The second-order valence-corrected chi connectivity index (χ2v) is 5.99. The predicted molar refractivity (Wildman–Crippen MR) is 82.4 cm³/mol. The van der Waals surface area contributed by atoms with Crippen LogP contribution in [0, 0.1) is 0 Å². The number of methoxy groups -OCH3 is 2. The Morgan fingerprint density at radius 1 is 1.41 bits per heavy atom. The van der Waals surface area contributed by atoms with Crippen LogP contribution in [0.4, 0.5) is 4.39 Å². The average Bonchev–Trinajstić information content (AvgIpc) is 3.11. The number of hydrogen-bond donors (Lipinski definition) is 0. The van der Waals surface area contributed by atoms with Crippen LogP contribution < -0.4 is 4.74 Å². The van der Waals surface area contributed by atoms with E-state index >= 15 is 0 Å². The second kappa shape index (κ2) is 5.61. The van der Waals surface area contributed by atoms with Gasteiger partial charge in [-0.1, -0.05) is 0 Å². The molecular weight excluding hydrogens is 305 g/mol. The molecule has 0 fully saturated rings. The number of halogens is 1. The molecular formula is C16H16FNO3S. The second-order valence-electron chi connectivity index (χ2n) is 5.11. The van der Waals surface area contributed by atoms with Gasteiger partial charge in [0.05, 0.1) is 25.8 Å². The van der Waals surface area contributed by atoms with Gasteiger partial charge in [-0.2, -0.15) is 0 Å². The molecule has 1 aliphatic carbocycles. The van der Waals surface area contributed by atoms with E-state index in [-0.39, 0.29) is 17.7 Å². The minimum atomic E-state index is -0.392. The van der Waals surface area contributed by atoms with E-state index in [2.05, 4.69) is 0 Å². The van der Waals surface area contributed by atoms with Crippen LogP contribution in [0.5, 0.6) is 5.06 Å². The van der Waals surface area contributed by atoms with Crippen LogP contribution in [0.25, 0.3) is 0 Å². The molecule has 1 unspecified atom stereocenters. The molecule has 0 N–H and O–H groups in total. The van der Waals surface area contributed by atoms with Crippen LogP contribution in [0.3, 0.4) is 0 Å². The Labute approximate surface area is 132 Å². The first kappa shape index (κ1) is 14.8. The summed E-state index contributed by atoms with van der Waals surface area (Å²) in [6.07, 6.45) is 3.94. The van der Waals surface area contributed by atoms with Gasteiger partial charge in [0.2, 0.25) is 0 Å². The van der Waals surface area contributed by atoms with Crippen LogP contribution in [0.1, 0.15) is 23.7 Å². The van der Waals surface area contributed by atoms with Crippen molar-refractivity contribution in [3.63, 3.8) is 0 Å². The fourth-order valence-electron chi connectivity index (χ4n) is 2.82. The van der Waals surface area contributed by atoms with Crippen molar-refractivity contribution in [1.29, 1.82) is 0 Å². The standard InChI is InChI=1S/C16H16FNO3S/c1-9-6-11-12(4-5-13(20-2)15(11)17)18(9)16(19)10-7-14(21-3)22-8-10/h5-8,12H,4H2,1-3H3. The normalized spacial score (nSPS) is 20.5. The number of fused-ring (bicyclic) bond motifs is 1. The van der Waals surface area contributed by atoms with Gasteiger partial charge >= 0.3 is 0 Å². The molecule has 1 amide bonds. The predicted octanol–water partition coefficient (Wildman–Crippen LogP) is 3.64.